The molecule has 0 aromatic heterocycles. The summed E-state index contributed by atoms with van der Waals surface area (Å²) in [6.07, 6.45) is 2.43. The molecule has 3 rings (SSSR count). The van der Waals surface area contributed by atoms with Crippen LogP contribution in [0.2, 0.25) is 0 Å². The Balaban J connectivity index is 1.45. The number of rotatable bonds is 8. The molecule has 3 N–H and O–H groups in total. The van der Waals surface area contributed by atoms with Gasteiger partial charge in [0.2, 0.25) is 5.75 Å². The average Bonchev–Trinajstić information content (AvgIpc) is 2.71. The van der Waals surface area contributed by atoms with E-state index in [9.17, 15) is 5.11 Å². The first-order valence-electron chi connectivity index (χ1n) is 9.84. The van der Waals surface area contributed by atoms with E-state index in [1.165, 1.54) is 51.1 Å². The number of benzene rings is 2. The molecule has 2 aromatic carbocycles. The smallest absolute Gasteiger partial charge is 0.200 e. The van der Waals surface area contributed by atoms with Crippen LogP contribution < -0.4 is 19.3 Å². The van der Waals surface area contributed by atoms with Crippen LogP contribution in [0.3, 0.4) is 0 Å². The SMILES string of the molecule is COc1cc(C[NH+]2CC[NH+](CCCc3ccccc3)CC2)cc(OC)c1O. The molecule has 0 bridgehead atoms. The molecule has 5 heteroatoms. The van der Waals surface area contributed by atoms with Gasteiger partial charge in [0, 0.05) is 12.0 Å². The van der Waals surface area contributed by atoms with Crippen molar-refractivity contribution in [1.29, 1.82) is 0 Å². The third-order valence-corrected chi connectivity index (χ3v) is 5.50. The number of phenols is 1. The molecule has 1 fully saturated rings. The number of hydrogen-bond acceptors (Lipinski definition) is 3. The molecule has 0 amide bonds. The summed E-state index contributed by atoms with van der Waals surface area (Å²) < 4.78 is 10.5. The second-order valence-corrected chi connectivity index (χ2v) is 7.36. The maximum absolute atomic E-state index is 10.1. The lowest BCUT2D eigenvalue weighted by Crippen LogP contribution is -3.27. The molecule has 0 saturated carbocycles. The molecule has 146 valence electrons. The minimum atomic E-state index is 0.0754. The molecule has 0 spiro atoms. The van der Waals surface area contributed by atoms with E-state index in [1.807, 2.05) is 12.1 Å². The molecule has 0 unspecified atom stereocenters. The molecular weight excluding hydrogens is 340 g/mol. The van der Waals surface area contributed by atoms with E-state index in [1.54, 1.807) is 24.0 Å². The summed E-state index contributed by atoms with van der Waals surface area (Å²) in [6, 6.07) is 14.6. The van der Waals surface area contributed by atoms with Crippen molar-refractivity contribution in [3.63, 3.8) is 0 Å². The summed E-state index contributed by atoms with van der Waals surface area (Å²) in [5, 5.41) is 10.1. The molecule has 5 nitrogen and oxygen atoms in total. The highest BCUT2D eigenvalue weighted by molar-refractivity contribution is 5.52. The van der Waals surface area contributed by atoms with Crippen LogP contribution in [0.1, 0.15) is 17.5 Å². The Kier molecular flexibility index (Phi) is 6.96. The first-order chi connectivity index (χ1) is 13.2. The largest absolute Gasteiger partial charge is 0.502 e. The van der Waals surface area contributed by atoms with Crippen molar-refractivity contribution in [2.45, 2.75) is 19.4 Å². The number of piperazine rings is 1. The highest BCUT2D eigenvalue weighted by atomic mass is 16.5. The highest BCUT2D eigenvalue weighted by Crippen LogP contribution is 2.36. The van der Waals surface area contributed by atoms with Crippen molar-refractivity contribution >= 4 is 0 Å². The minimum Gasteiger partial charge on any atom is -0.502 e. The van der Waals surface area contributed by atoms with Gasteiger partial charge >= 0.3 is 0 Å². The van der Waals surface area contributed by atoms with Crippen LogP contribution in [0.15, 0.2) is 42.5 Å². The molecule has 1 saturated heterocycles. The maximum Gasteiger partial charge on any atom is 0.200 e. The van der Waals surface area contributed by atoms with Gasteiger partial charge in [0.25, 0.3) is 0 Å². The fourth-order valence-electron chi connectivity index (χ4n) is 3.91. The van der Waals surface area contributed by atoms with Gasteiger partial charge in [-0.05, 0) is 24.1 Å². The Morgan fingerprint density at radius 1 is 0.852 bits per heavy atom. The molecule has 0 aliphatic carbocycles. The topological polar surface area (TPSA) is 47.6 Å². The lowest BCUT2D eigenvalue weighted by Gasteiger charge is -2.30. The molecule has 1 aliphatic rings. The van der Waals surface area contributed by atoms with E-state index in [2.05, 4.69) is 30.3 Å². The van der Waals surface area contributed by atoms with Gasteiger partial charge in [0.1, 0.15) is 32.7 Å². The Hall–Kier alpha value is -2.24. The Labute approximate surface area is 162 Å². The van der Waals surface area contributed by atoms with E-state index in [4.69, 9.17) is 9.47 Å². The molecule has 0 atom stereocenters. The predicted octanol–water partition coefficient (Wildman–Crippen LogP) is 0.326. The van der Waals surface area contributed by atoms with Gasteiger partial charge in [-0.2, -0.15) is 0 Å². The van der Waals surface area contributed by atoms with E-state index in [0.29, 0.717) is 11.5 Å². The van der Waals surface area contributed by atoms with Crippen LogP contribution >= 0.6 is 0 Å². The fraction of sp³-hybridized carbons (Fsp3) is 0.455. The molecule has 0 radical (unpaired) electrons. The summed E-state index contributed by atoms with van der Waals surface area (Å²) in [4.78, 5) is 3.30. The Morgan fingerprint density at radius 3 is 2.04 bits per heavy atom. The fourth-order valence-corrected chi connectivity index (χ4v) is 3.91. The van der Waals surface area contributed by atoms with Crippen LogP contribution in [-0.2, 0) is 13.0 Å². The Morgan fingerprint density at radius 2 is 1.44 bits per heavy atom. The van der Waals surface area contributed by atoms with E-state index < -0.39 is 0 Å². The number of phenolic OH excluding ortho intramolecular Hbond substituents is 1. The third kappa shape index (κ3) is 5.37. The summed E-state index contributed by atoms with van der Waals surface area (Å²) in [6.45, 7) is 6.97. The van der Waals surface area contributed by atoms with E-state index >= 15 is 0 Å². The average molecular weight is 373 g/mol. The zero-order valence-corrected chi connectivity index (χ0v) is 16.5. The summed E-state index contributed by atoms with van der Waals surface area (Å²) >= 11 is 0. The standard InChI is InChI=1S/C22H30N2O3/c1-26-20-15-19(16-21(27-2)22(20)25)17-24-13-11-23(12-14-24)10-6-9-18-7-4-3-5-8-18/h3-5,7-8,15-16,25H,6,9-14,17H2,1-2H3/p+2. The predicted molar refractivity (Wildman–Crippen MR) is 106 cm³/mol. The third-order valence-electron chi connectivity index (χ3n) is 5.50. The van der Waals surface area contributed by atoms with Gasteiger partial charge in [-0.25, -0.2) is 0 Å². The monoisotopic (exact) mass is 372 g/mol. The first kappa shape index (κ1) is 19.5. The second-order valence-electron chi connectivity index (χ2n) is 7.36. The van der Waals surface area contributed by atoms with Crippen molar-refractivity contribution in [2.24, 2.45) is 0 Å². The van der Waals surface area contributed by atoms with Crippen molar-refractivity contribution in [1.82, 2.24) is 0 Å². The van der Waals surface area contributed by atoms with Crippen LogP contribution in [0.25, 0.3) is 0 Å². The van der Waals surface area contributed by atoms with E-state index in [0.717, 1.165) is 12.1 Å². The van der Waals surface area contributed by atoms with Crippen molar-refractivity contribution in [3.8, 4) is 17.2 Å². The number of aromatic hydroxyl groups is 1. The molecular formula is C22H32N2O3+2. The van der Waals surface area contributed by atoms with Crippen molar-refractivity contribution < 1.29 is 24.4 Å². The number of quaternary nitrogens is 2. The van der Waals surface area contributed by atoms with Gasteiger partial charge in [0.05, 0.1) is 20.8 Å². The Bertz CT molecular complexity index is 688. The summed E-state index contributed by atoms with van der Waals surface area (Å²) in [5.41, 5.74) is 2.58. The second kappa shape index (κ2) is 9.62. The lowest BCUT2D eigenvalue weighted by molar-refractivity contribution is -1.02. The number of ether oxygens (including phenoxy) is 2. The van der Waals surface area contributed by atoms with Crippen molar-refractivity contribution in [2.75, 3.05) is 46.9 Å². The lowest BCUT2D eigenvalue weighted by atomic mass is 10.1. The quantitative estimate of drug-likeness (QED) is 0.626. The number of hydrogen-bond donors (Lipinski definition) is 3. The maximum atomic E-state index is 10.1. The van der Waals surface area contributed by atoms with Gasteiger partial charge in [0.15, 0.2) is 11.5 Å². The van der Waals surface area contributed by atoms with Crippen LogP contribution in [0, 0.1) is 0 Å². The van der Waals surface area contributed by atoms with Crippen LogP contribution in [-0.4, -0.2) is 52.0 Å². The van der Waals surface area contributed by atoms with Gasteiger partial charge < -0.3 is 24.4 Å². The zero-order valence-electron chi connectivity index (χ0n) is 16.5. The summed E-state index contributed by atoms with van der Waals surface area (Å²) in [7, 11) is 3.14. The normalized spacial score (nSPS) is 19.6. The van der Waals surface area contributed by atoms with Crippen LogP contribution in [0.5, 0.6) is 17.2 Å². The first-order valence-corrected chi connectivity index (χ1v) is 9.84. The van der Waals surface area contributed by atoms with E-state index in [-0.39, 0.29) is 5.75 Å². The van der Waals surface area contributed by atoms with Crippen molar-refractivity contribution in [3.05, 3.63) is 53.6 Å². The molecule has 2 aromatic rings. The zero-order chi connectivity index (χ0) is 19.1. The van der Waals surface area contributed by atoms with Gasteiger partial charge in [-0.3, -0.25) is 0 Å². The number of aryl methyl sites for hydroxylation is 1. The van der Waals surface area contributed by atoms with Gasteiger partial charge in [-0.15, -0.1) is 0 Å². The highest BCUT2D eigenvalue weighted by Gasteiger charge is 2.23. The van der Waals surface area contributed by atoms with Crippen LogP contribution in [0.4, 0.5) is 0 Å². The molecule has 1 aliphatic heterocycles. The number of methoxy groups -OCH3 is 2. The number of nitrogens with one attached hydrogen (secondary N) is 2. The summed E-state index contributed by atoms with van der Waals surface area (Å²) in [5.74, 6) is 1.04. The van der Waals surface area contributed by atoms with Gasteiger partial charge in [-0.1, -0.05) is 30.3 Å². The minimum absolute atomic E-state index is 0.0754. The molecule has 1 heterocycles. The molecule has 27 heavy (non-hydrogen) atoms.